The van der Waals surface area contributed by atoms with Crippen molar-refractivity contribution in [3.05, 3.63) is 17.5 Å². The molecule has 0 fully saturated rings. The van der Waals surface area contributed by atoms with Gasteiger partial charge in [0.25, 0.3) is 0 Å². The molecule has 0 aliphatic heterocycles. The zero-order chi connectivity index (χ0) is 5.98. The Morgan fingerprint density at radius 2 is 2.11 bits per heavy atom. The molecule has 0 spiro atoms. The third kappa shape index (κ3) is 2.28. The molecule has 0 saturated heterocycles. The van der Waals surface area contributed by atoms with Crippen LogP contribution in [0.25, 0.3) is 0 Å². The quantitative estimate of drug-likeness (QED) is 0.561. The maximum Gasteiger partial charge on any atom is 0.134 e. The molecule has 2 N–H and O–H groups in total. The Balaban J connectivity index is 0.000000640. The van der Waals surface area contributed by atoms with Gasteiger partial charge in [-0.25, -0.2) is 9.97 Å². The summed E-state index contributed by atoms with van der Waals surface area (Å²) >= 11 is 5.41. The highest BCUT2D eigenvalue weighted by Crippen LogP contribution is 2.03. The van der Waals surface area contributed by atoms with Gasteiger partial charge in [-0.3, -0.25) is 0 Å². The Bertz CT molecular complexity index is 172. The van der Waals surface area contributed by atoms with E-state index in [1.807, 2.05) is 0 Å². The highest BCUT2D eigenvalue weighted by Gasteiger charge is 1.86. The Kier molecular flexibility index (Phi) is 2.95. The van der Waals surface area contributed by atoms with E-state index < -0.39 is 0 Å². The first-order valence-corrected chi connectivity index (χ1v) is 2.40. The van der Waals surface area contributed by atoms with Gasteiger partial charge in [0, 0.05) is 6.07 Å². The molecule has 1 heterocycles. The predicted octanol–water partition coefficient (Wildman–Crippen LogP) is 1.35. The predicted molar refractivity (Wildman–Crippen MR) is 38.2 cm³/mol. The first-order chi connectivity index (χ1) is 3.79. The average Bonchev–Trinajstić information content (AvgIpc) is 1.64. The van der Waals surface area contributed by atoms with E-state index in [9.17, 15) is 0 Å². The number of aromatic nitrogens is 2. The molecule has 50 valence electrons. The van der Waals surface area contributed by atoms with Gasteiger partial charge in [-0.2, -0.15) is 0 Å². The van der Waals surface area contributed by atoms with Crippen LogP contribution in [0.3, 0.4) is 0 Å². The topological polar surface area (TPSA) is 51.8 Å². The summed E-state index contributed by atoms with van der Waals surface area (Å²) in [5, 5.41) is 0.373. The lowest BCUT2D eigenvalue weighted by molar-refractivity contribution is 1.18. The van der Waals surface area contributed by atoms with Gasteiger partial charge in [-0.15, -0.1) is 0 Å². The summed E-state index contributed by atoms with van der Waals surface area (Å²) in [4.78, 5) is 7.24. The molecule has 0 atom stereocenters. The molecule has 0 amide bonds. The van der Waals surface area contributed by atoms with Gasteiger partial charge in [-0.05, 0) is 0 Å². The van der Waals surface area contributed by atoms with Crippen molar-refractivity contribution in [2.24, 2.45) is 0 Å². The molecule has 0 aromatic carbocycles. The lowest BCUT2D eigenvalue weighted by atomic mass is 10.6. The molecule has 0 aliphatic rings. The average molecular weight is 146 g/mol. The number of anilines is 1. The molecular formula is C5H8ClN3. The minimum Gasteiger partial charge on any atom is -0.384 e. The number of nitrogens with zero attached hydrogens (tertiary/aromatic N) is 2. The maximum atomic E-state index is 5.41. The number of rotatable bonds is 0. The van der Waals surface area contributed by atoms with Crippen molar-refractivity contribution in [1.29, 1.82) is 0 Å². The summed E-state index contributed by atoms with van der Waals surface area (Å²) in [6.07, 6.45) is 1.32. The van der Waals surface area contributed by atoms with Gasteiger partial charge >= 0.3 is 0 Å². The third-order valence-electron chi connectivity index (χ3n) is 0.655. The summed E-state index contributed by atoms with van der Waals surface area (Å²) in [5.74, 6) is 0.394. The summed E-state index contributed by atoms with van der Waals surface area (Å²) in [6, 6.07) is 1.49. The van der Waals surface area contributed by atoms with Gasteiger partial charge in [0.2, 0.25) is 0 Å². The summed E-state index contributed by atoms with van der Waals surface area (Å²) in [5.41, 5.74) is 5.22. The summed E-state index contributed by atoms with van der Waals surface area (Å²) in [7, 11) is 0. The Labute approximate surface area is 58.9 Å². The van der Waals surface area contributed by atoms with Crippen LogP contribution in [0.4, 0.5) is 5.82 Å². The molecule has 9 heavy (non-hydrogen) atoms. The smallest absolute Gasteiger partial charge is 0.134 e. The van der Waals surface area contributed by atoms with E-state index in [4.69, 9.17) is 17.3 Å². The zero-order valence-electron chi connectivity index (χ0n) is 4.00. The molecule has 0 saturated carbocycles. The van der Waals surface area contributed by atoms with Crippen LogP contribution >= 0.6 is 11.6 Å². The van der Waals surface area contributed by atoms with E-state index in [0.29, 0.717) is 11.0 Å². The van der Waals surface area contributed by atoms with E-state index in [0.717, 1.165) is 0 Å². The van der Waals surface area contributed by atoms with Crippen LogP contribution in [0.2, 0.25) is 5.15 Å². The van der Waals surface area contributed by atoms with Gasteiger partial charge in [-0.1, -0.05) is 19.0 Å². The van der Waals surface area contributed by atoms with Crippen molar-refractivity contribution < 1.29 is 0 Å². The molecule has 1 rings (SSSR count). The Morgan fingerprint density at radius 3 is 2.44 bits per heavy atom. The molecule has 3 nitrogen and oxygen atoms in total. The second kappa shape index (κ2) is 3.25. The number of hydrogen-bond acceptors (Lipinski definition) is 3. The van der Waals surface area contributed by atoms with E-state index in [-0.39, 0.29) is 7.43 Å². The fourth-order valence-corrected chi connectivity index (χ4v) is 0.503. The molecular weight excluding hydrogens is 138 g/mol. The van der Waals surface area contributed by atoms with Crippen molar-refractivity contribution in [3.8, 4) is 0 Å². The fourth-order valence-electron chi connectivity index (χ4n) is 0.347. The first-order valence-electron chi connectivity index (χ1n) is 2.02. The molecule has 0 radical (unpaired) electrons. The highest BCUT2D eigenvalue weighted by atomic mass is 35.5. The van der Waals surface area contributed by atoms with Crippen molar-refractivity contribution in [3.63, 3.8) is 0 Å². The molecule has 0 aliphatic carbocycles. The maximum absolute atomic E-state index is 5.41. The van der Waals surface area contributed by atoms with Crippen molar-refractivity contribution in [2.75, 3.05) is 5.73 Å². The minimum absolute atomic E-state index is 0. The van der Waals surface area contributed by atoms with Crippen molar-refractivity contribution >= 4 is 17.4 Å². The minimum atomic E-state index is 0. The van der Waals surface area contributed by atoms with E-state index in [1.54, 1.807) is 0 Å². The number of halogens is 1. The van der Waals surface area contributed by atoms with Crippen molar-refractivity contribution in [1.82, 2.24) is 9.97 Å². The zero-order valence-corrected chi connectivity index (χ0v) is 4.76. The Morgan fingerprint density at radius 1 is 1.44 bits per heavy atom. The van der Waals surface area contributed by atoms with Crippen molar-refractivity contribution in [2.45, 2.75) is 7.43 Å². The van der Waals surface area contributed by atoms with Crippen LogP contribution in [0.1, 0.15) is 7.43 Å². The highest BCUT2D eigenvalue weighted by molar-refractivity contribution is 6.29. The lowest BCUT2D eigenvalue weighted by Crippen LogP contribution is -1.88. The van der Waals surface area contributed by atoms with E-state index in [2.05, 4.69) is 9.97 Å². The van der Waals surface area contributed by atoms with Gasteiger partial charge in [0.1, 0.15) is 17.3 Å². The third-order valence-corrected chi connectivity index (χ3v) is 0.862. The summed E-state index contributed by atoms with van der Waals surface area (Å²) < 4.78 is 0. The number of nitrogen functional groups attached to an aromatic ring is 1. The van der Waals surface area contributed by atoms with Gasteiger partial charge in [0.15, 0.2) is 0 Å². The standard InChI is InChI=1S/C4H4ClN3.CH4/c5-3-1-4(6)8-2-7-3;/h1-2H,(H2,6,7,8);1H4. The van der Waals surface area contributed by atoms with Crippen LogP contribution in [0, 0.1) is 0 Å². The molecule has 4 heteroatoms. The van der Waals surface area contributed by atoms with E-state index in [1.165, 1.54) is 12.4 Å². The van der Waals surface area contributed by atoms with Gasteiger partial charge < -0.3 is 5.73 Å². The molecule has 0 unspecified atom stereocenters. The molecule has 1 aromatic heterocycles. The second-order valence-corrected chi connectivity index (χ2v) is 1.65. The molecule has 1 aromatic rings. The number of hydrogen-bond donors (Lipinski definition) is 1. The van der Waals surface area contributed by atoms with Crippen LogP contribution < -0.4 is 5.73 Å². The monoisotopic (exact) mass is 145 g/mol. The number of nitrogens with two attached hydrogens (primary N) is 1. The summed E-state index contributed by atoms with van der Waals surface area (Å²) in [6.45, 7) is 0. The largest absolute Gasteiger partial charge is 0.384 e. The van der Waals surface area contributed by atoms with Gasteiger partial charge in [0.05, 0.1) is 0 Å². The first kappa shape index (κ1) is 8.17. The van der Waals surface area contributed by atoms with Crippen LogP contribution in [0.5, 0.6) is 0 Å². The fraction of sp³-hybridized carbons (Fsp3) is 0.200. The Hall–Kier alpha value is -0.830. The van der Waals surface area contributed by atoms with Crippen LogP contribution in [0.15, 0.2) is 12.4 Å². The normalized spacial score (nSPS) is 8.11. The second-order valence-electron chi connectivity index (χ2n) is 1.27. The van der Waals surface area contributed by atoms with Crippen LogP contribution in [-0.2, 0) is 0 Å². The van der Waals surface area contributed by atoms with Crippen LogP contribution in [-0.4, -0.2) is 9.97 Å². The molecule has 0 bridgehead atoms. The SMILES string of the molecule is C.Nc1cc(Cl)ncn1. The lowest BCUT2D eigenvalue weighted by Gasteiger charge is -1.87. The van der Waals surface area contributed by atoms with E-state index >= 15 is 0 Å².